The van der Waals surface area contributed by atoms with E-state index in [0.29, 0.717) is 31.6 Å². The molecule has 3 amide bonds. The van der Waals surface area contributed by atoms with Gasteiger partial charge in [-0.05, 0) is 101 Å². The number of sulfonamides is 1. The smallest absolute Gasteiger partial charge is 0.410 e. The second-order valence-electron chi connectivity index (χ2n) is 15.0. The highest BCUT2D eigenvalue weighted by atomic mass is 32.2. The Morgan fingerprint density at radius 1 is 0.945 bits per heavy atom. The Hall–Kier alpha value is -4.60. The fourth-order valence-electron chi connectivity index (χ4n) is 7.46. The predicted molar refractivity (Wildman–Crippen MR) is 202 cm³/mol. The summed E-state index contributed by atoms with van der Waals surface area (Å²) in [5.74, 6) is -2.52. The molecule has 15 heteroatoms. The zero-order chi connectivity index (χ0) is 39.9. The van der Waals surface area contributed by atoms with E-state index in [1.807, 2.05) is 0 Å². The van der Waals surface area contributed by atoms with E-state index in [1.165, 1.54) is 58.8 Å². The topological polar surface area (TPSA) is 144 Å². The van der Waals surface area contributed by atoms with Crippen LogP contribution in [-0.4, -0.2) is 92.9 Å². The van der Waals surface area contributed by atoms with Gasteiger partial charge < -0.3 is 29.7 Å². The van der Waals surface area contributed by atoms with E-state index in [2.05, 4.69) is 10.6 Å². The average Bonchev–Trinajstić information content (AvgIpc) is 3.14. The first-order valence-electron chi connectivity index (χ1n) is 18.4. The number of amides is 3. The van der Waals surface area contributed by atoms with E-state index in [-0.39, 0.29) is 48.0 Å². The molecule has 0 bridgehead atoms. The molecule has 0 saturated carbocycles. The number of carbonyl (C=O) groups is 3. The van der Waals surface area contributed by atoms with E-state index in [9.17, 15) is 27.2 Å². The summed E-state index contributed by atoms with van der Waals surface area (Å²) in [5, 5.41) is 5.49. The van der Waals surface area contributed by atoms with Gasteiger partial charge in [0.1, 0.15) is 23.3 Å². The molecule has 2 fully saturated rings. The summed E-state index contributed by atoms with van der Waals surface area (Å²) in [6, 6.07) is 15.2. The van der Waals surface area contributed by atoms with Gasteiger partial charge in [0.2, 0.25) is 15.9 Å². The highest BCUT2D eigenvalue weighted by molar-refractivity contribution is 7.89. The maximum Gasteiger partial charge on any atom is 0.410 e. The van der Waals surface area contributed by atoms with Crippen molar-refractivity contribution in [2.24, 2.45) is 5.92 Å². The number of hydrogen-bond acceptors (Lipinski definition) is 8. The molecule has 2 saturated heterocycles. The molecule has 0 radical (unpaired) electrons. The van der Waals surface area contributed by atoms with Crippen LogP contribution in [0.15, 0.2) is 77.7 Å². The van der Waals surface area contributed by atoms with Crippen LogP contribution in [0.25, 0.3) is 0 Å². The van der Waals surface area contributed by atoms with Gasteiger partial charge in [-0.1, -0.05) is 36.4 Å². The number of anilines is 1. The van der Waals surface area contributed by atoms with Crippen LogP contribution >= 0.6 is 0 Å². The van der Waals surface area contributed by atoms with Crippen molar-refractivity contribution in [2.75, 3.05) is 38.7 Å². The summed E-state index contributed by atoms with van der Waals surface area (Å²) in [7, 11) is -2.88. The second-order valence-corrected chi connectivity index (χ2v) is 16.8. The molecule has 2 aliphatic rings. The Labute approximate surface area is 321 Å². The highest BCUT2D eigenvalue weighted by Gasteiger charge is 2.43. The van der Waals surface area contributed by atoms with Crippen LogP contribution in [0.3, 0.4) is 0 Å². The van der Waals surface area contributed by atoms with E-state index in [4.69, 9.17) is 14.2 Å². The van der Waals surface area contributed by atoms with Crippen molar-refractivity contribution >= 4 is 33.8 Å². The third kappa shape index (κ3) is 10.4. The summed E-state index contributed by atoms with van der Waals surface area (Å²) in [4.78, 5) is 41.8. The zero-order valence-corrected chi connectivity index (χ0v) is 32.6. The summed E-state index contributed by atoms with van der Waals surface area (Å²) in [6.07, 6.45) is -0.267. The molecule has 12 nitrogen and oxygen atoms in total. The molecule has 298 valence electrons. The molecule has 3 aromatic carbocycles. The van der Waals surface area contributed by atoms with Gasteiger partial charge in [-0.2, -0.15) is 4.31 Å². The Bertz CT molecular complexity index is 1900. The van der Waals surface area contributed by atoms with Gasteiger partial charge in [0.05, 0.1) is 12.0 Å². The Morgan fingerprint density at radius 3 is 2.25 bits per heavy atom. The third-order valence-electron chi connectivity index (χ3n) is 9.91. The summed E-state index contributed by atoms with van der Waals surface area (Å²) >= 11 is 0. The van der Waals surface area contributed by atoms with E-state index in [0.717, 1.165) is 0 Å². The van der Waals surface area contributed by atoms with Crippen LogP contribution < -0.4 is 10.6 Å². The largest absolute Gasteiger partial charge is 0.453 e. The molecule has 55 heavy (non-hydrogen) atoms. The Balaban J connectivity index is 1.46. The molecular weight excluding hydrogens is 735 g/mol. The minimum absolute atomic E-state index is 0.0168. The van der Waals surface area contributed by atoms with Crippen LogP contribution in [0, 0.1) is 17.6 Å². The molecule has 5 rings (SSSR count). The Kier molecular flexibility index (Phi) is 13.5. The summed E-state index contributed by atoms with van der Waals surface area (Å²) in [5.41, 5.74) is 0.0581. The van der Waals surface area contributed by atoms with Crippen LogP contribution in [0.1, 0.15) is 64.0 Å². The number of carbonyl (C=O) groups excluding carboxylic acids is 3. The monoisotopic (exact) mass is 784 g/mol. The molecule has 3 aromatic rings. The third-order valence-corrected chi connectivity index (χ3v) is 12.0. The lowest BCUT2D eigenvalue weighted by Crippen LogP contribution is -2.61. The summed E-state index contributed by atoms with van der Waals surface area (Å²) in [6.45, 7) is 7.87. The van der Waals surface area contributed by atoms with Crippen LogP contribution in [0.4, 0.5) is 24.1 Å². The van der Waals surface area contributed by atoms with E-state index in [1.54, 1.807) is 58.0 Å². The number of benzene rings is 3. The van der Waals surface area contributed by atoms with Gasteiger partial charge in [-0.3, -0.25) is 4.79 Å². The standard InChI is InChI=1S/C40H50F2N4O8S/c1-26-24-45(39(49)54-40(2,3)4)25-30(46(26)55(50,51)31-10-7-6-8-11-31)18-19-32-33(42)12-9-13-34(32)43-37(47)36(44-38(48)52-5)35(28-20-22-53-23-21-28)27-14-16-29(41)17-15-27/h6-17,26,28,30,35-36H,18-25H2,1-5H3,(H,43,47)(H,44,48). The quantitative estimate of drug-likeness (QED) is 0.225. The molecule has 2 aliphatic heterocycles. The minimum Gasteiger partial charge on any atom is -0.453 e. The number of piperazine rings is 1. The fraction of sp³-hybridized carbons (Fsp3) is 0.475. The number of alkyl carbamates (subject to hydrolysis) is 1. The van der Waals surface area contributed by atoms with Crippen molar-refractivity contribution in [1.82, 2.24) is 14.5 Å². The lowest BCUT2D eigenvalue weighted by molar-refractivity contribution is -0.119. The maximum atomic E-state index is 15.8. The second kappa shape index (κ2) is 17.9. The first-order chi connectivity index (χ1) is 26.1. The fourth-order valence-corrected chi connectivity index (χ4v) is 9.31. The first-order valence-corrected chi connectivity index (χ1v) is 19.9. The molecule has 0 aromatic heterocycles. The van der Waals surface area contributed by atoms with Crippen LogP contribution in [0.2, 0.25) is 0 Å². The SMILES string of the molecule is COC(=O)NC(C(=O)Nc1cccc(F)c1CCC1CN(C(=O)OC(C)(C)C)CC(C)N1S(=O)(=O)c1ccccc1)C(c1ccc(F)cc1)C1CCOCC1. The minimum atomic E-state index is -4.06. The predicted octanol–water partition coefficient (Wildman–Crippen LogP) is 6.47. The van der Waals surface area contributed by atoms with Gasteiger partial charge >= 0.3 is 12.2 Å². The number of hydrogen-bond donors (Lipinski definition) is 2. The van der Waals surface area contributed by atoms with Crippen molar-refractivity contribution in [1.29, 1.82) is 0 Å². The molecule has 4 atom stereocenters. The maximum absolute atomic E-state index is 15.8. The van der Waals surface area contributed by atoms with Gasteiger partial charge in [0, 0.05) is 55.6 Å². The van der Waals surface area contributed by atoms with Gasteiger partial charge in [-0.25, -0.2) is 26.8 Å². The molecular formula is C40H50F2N4O8S. The van der Waals surface area contributed by atoms with Gasteiger partial charge in [0.25, 0.3) is 0 Å². The molecule has 0 aliphatic carbocycles. The van der Waals surface area contributed by atoms with Crippen LogP contribution in [0.5, 0.6) is 0 Å². The molecule has 2 heterocycles. The average molecular weight is 785 g/mol. The van der Waals surface area contributed by atoms with Gasteiger partial charge in [0.15, 0.2) is 0 Å². The number of nitrogens with zero attached hydrogens (tertiary/aromatic N) is 2. The van der Waals surface area contributed by atoms with Crippen LogP contribution in [-0.2, 0) is 35.4 Å². The number of ether oxygens (including phenoxy) is 3. The Morgan fingerprint density at radius 2 is 1.62 bits per heavy atom. The lowest BCUT2D eigenvalue weighted by Gasteiger charge is -2.44. The first kappa shape index (κ1) is 41.6. The zero-order valence-electron chi connectivity index (χ0n) is 31.8. The van der Waals surface area contributed by atoms with Crippen molar-refractivity contribution in [2.45, 2.75) is 87.9 Å². The molecule has 0 spiro atoms. The molecule has 4 unspecified atom stereocenters. The number of rotatable bonds is 11. The number of halogens is 2. The van der Waals surface area contributed by atoms with Crippen molar-refractivity contribution in [3.05, 3.63) is 95.6 Å². The van der Waals surface area contributed by atoms with Gasteiger partial charge in [-0.15, -0.1) is 0 Å². The van der Waals surface area contributed by atoms with Crippen molar-refractivity contribution in [3.63, 3.8) is 0 Å². The van der Waals surface area contributed by atoms with Crippen molar-refractivity contribution < 1.29 is 45.8 Å². The lowest BCUT2D eigenvalue weighted by atomic mass is 9.76. The molecule has 2 N–H and O–H groups in total. The summed E-state index contributed by atoms with van der Waals surface area (Å²) < 4.78 is 75.5. The number of methoxy groups -OCH3 is 1. The normalized spacial score (nSPS) is 19.6. The van der Waals surface area contributed by atoms with E-state index < -0.39 is 69.4 Å². The van der Waals surface area contributed by atoms with E-state index >= 15 is 4.39 Å². The van der Waals surface area contributed by atoms with Crippen molar-refractivity contribution in [3.8, 4) is 0 Å². The highest BCUT2D eigenvalue weighted by Crippen LogP contribution is 2.37. The number of nitrogens with one attached hydrogen (secondary N) is 2.